The largest absolute Gasteiger partial charge is 0.397 e. The maximum Gasteiger partial charge on any atom is 0.240 e. The van der Waals surface area contributed by atoms with Crippen LogP contribution in [0, 0.1) is 5.82 Å². The van der Waals surface area contributed by atoms with Gasteiger partial charge >= 0.3 is 0 Å². The minimum absolute atomic E-state index is 0.0282. The highest BCUT2D eigenvalue weighted by Gasteiger charge is 2.19. The van der Waals surface area contributed by atoms with E-state index in [0.717, 1.165) is 12.1 Å². The molecule has 0 fully saturated rings. The van der Waals surface area contributed by atoms with Gasteiger partial charge in [0.25, 0.3) is 0 Å². The lowest BCUT2D eigenvalue weighted by Crippen LogP contribution is -2.23. The highest BCUT2D eigenvalue weighted by Crippen LogP contribution is 2.19. The maximum atomic E-state index is 12.9. The molecule has 1 amide bonds. The standard InChI is InChI=1S/C14H13FN2O3S/c15-10-6-7-13(12(16)8-10)17-14(18)9-21(19,20)11-4-2-1-3-5-11/h1-8H,9,16H2,(H,17,18). The molecule has 5 nitrogen and oxygen atoms in total. The van der Waals surface area contributed by atoms with E-state index in [0.29, 0.717) is 0 Å². The second kappa shape index (κ2) is 5.92. The Balaban J connectivity index is 2.12. The monoisotopic (exact) mass is 308 g/mol. The summed E-state index contributed by atoms with van der Waals surface area (Å²) in [7, 11) is -3.73. The van der Waals surface area contributed by atoms with Crippen LogP contribution in [0.15, 0.2) is 53.4 Å². The van der Waals surface area contributed by atoms with Crippen molar-refractivity contribution in [2.45, 2.75) is 4.90 Å². The number of nitrogens with one attached hydrogen (secondary N) is 1. The number of rotatable bonds is 4. The van der Waals surface area contributed by atoms with Crippen molar-refractivity contribution < 1.29 is 17.6 Å². The molecule has 2 rings (SSSR count). The molecule has 2 aromatic carbocycles. The van der Waals surface area contributed by atoms with E-state index < -0.39 is 27.3 Å². The van der Waals surface area contributed by atoms with Crippen molar-refractivity contribution in [1.29, 1.82) is 0 Å². The fraction of sp³-hybridized carbons (Fsp3) is 0.0714. The van der Waals surface area contributed by atoms with Crippen LogP contribution in [0.4, 0.5) is 15.8 Å². The molecule has 0 heterocycles. The molecular formula is C14H13FN2O3S. The first kappa shape index (κ1) is 15.0. The molecule has 0 atom stereocenters. The van der Waals surface area contributed by atoms with E-state index in [-0.39, 0.29) is 16.3 Å². The zero-order valence-corrected chi connectivity index (χ0v) is 11.7. The number of amides is 1. The van der Waals surface area contributed by atoms with Crippen LogP contribution in [0.2, 0.25) is 0 Å². The van der Waals surface area contributed by atoms with Crippen molar-refractivity contribution in [2.75, 3.05) is 16.8 Å². The Morgan fingerprint density at radius 3 is 2.43 bits per heavy atom. The predicted molar refractivity (Wildman–Crippen MR) is 77.9 cm³/mol. The molecule has 0 unspecified atom stereocenters. The number of nitrogen functional groups attached to an aromatic ring is 1. The molecule has 7 heteroatoms. The molecule has 0 spiro atoms. The second-order valence-electron chi connectivity index (χ2n) is 4.35. The van der Waals surface area contributed by atoms with Crippen LogP contribution in [-0.2, 0) is 14.6 Å². The average molecular weight is 308 g/mol. The summed E-state index contributed by atoms with van der Waals surface area (Å²) in [5.41, 5.74) is 5.74. The number of halogens is 1. The maximum absolute atomic E-state index is 12.9. The van der Waals surface area contributed by atoms with Gasteiger partial charge < -0.3 is 11.1 Å². The highest BCUT2D eigenvalue weighted by molar-refractivity contribution is 7.92. The van der Waals surface area contributed by atoms with Crippen molar-refractivity contribution in [1.82, 2.24) is 0 Å². The van der Waals surface area contributed by atoms with Crippen LogP contribution < -0.4 is 11.1 Å². The molecule has 0 aliphatic carbocycles. The Morgan fingerprint density at radius 2 is 1.81 bits per heavy atom. The Labute approximate surface area is 121 Å². The minimum Gasteiger partial charge on any atom is -0.397 e. The number of nitrogens with two attached hydrogens (primary N) is 1. The molecule has 3 N–H and O–H groups in total. The molecule has 0 saturated carbocycles. The molecule has 0 aromatic heterocycles. The van der Waals surface area contributed by atoms with Crippen molar-refractivity contribution in [3.05, 3.63) is 54.3 Å². The SMILES string of the molecule is Nc1cc(F)ccc1NC(=O)CS(=O)(=O)c1ccccc1. The average Bonchev–Trinajstić information content (AvgIpc) is 2.42. The Morgan fingerprint density at radius 1 is 1.14 bits per heavy atom. The van der Waals surface area contributed by atoms with Gasteiger partial charge in [-0.1, -0.05) is 18.2 Å². The number of anilines is 2. The topological polar surface area (TPSA) is 89.3 Å². The van der Waals surface area contributed by atoms with E-state index in [9.17, 15) is 17.6 Å². The van der Waals surface area contributed by atoms with Crippen molar-refractivity contribution >= 4 is 27.1 Å². The van der Waals surface area contributed by atoms with Crippen LogP contribution >= 0.6 is 0 Å². The minimum atomic E-state index is -3.73. The fourth-order valence-corrected chi connectivity index (χ4v) is 2.87. The molecule has 0 radical (unpaired) electrons. The summed E-state index contributed by atoms with van der Waals surface area (Å²) in [5.74, 6) is -1.99. The first-order valence-electron chi connectivity index (χ1n) is 6.01. The third kappa shape index (κ3) is 3.79. The summed E-state index contributed by atoms with van der Waals surface area (Å²) < 4.78 is 36.9. The van der Waals surface area contributed by atoms with Gasteiger partial charge in [-0.25, -0.2) is 12.8 Å². The van der Waals surface area contributed by atoms with E-state index in [4.69, 9.17) is 5.73 Å². The quantitative estimate of drug-likeness (QED) is 0.843. The van der Waals surface area contributed by atoms with E-state index in [2.05, 4.69) is 5.32 Å². The predicted octanol–water partition coefficient (Wildman–Crippen LogP) is 1.82. The van der Waals surface area contributed by atoms with Gasteiger partial charge in [0.15, 0.2) is 9.84 Å². The van der Waals surface area contributed by atoms with E-state index in [1.807, 2.05) is 0 Å². The second-order valence-corrected chi connectivity index (χ2v) is 6.34. The molecule has 0 aliphatic heterocycles. The van der Waals surface area contributed by atoms with Gasteiger partial charge in [-0.15, -0.1) is 0 Å². The lowest BCUT2D eigenvalue weighted by Gasteiger charge is -2.08. The van der Waals surface area contributed by atoms with Gasteiger partial charge in [-0.2, -0.15) is 0 Å². The molecule has 0 bridgehead atoms. The van der Waals surface area contributed by atoms with Crippen LogP contribution in [0.25, 0.3) is 0 Å². The van der Waals surface area contributed by atoms with Gasteiger partial charge in [0, 0.05) is 0 Å². The summed E-state index contributed by atoms with van der Waals surface area (Å²) in [5, 5.41) is 2.35. The van der Waals surface area contributed by atoms with Gasteiger partial charge in [-0.3, -0.25) is 4.79 Å². The Hall–Kier alpha value is -2.41. The van der Waals surface area contributed by atoms with Crippen molar-refractivity contribution in [2.24, 2.45) is 0 Å². The van der Waals surface area contributed by atoms with E-state index in [1.165, 1.54) is 18.2 Å². The molecule has 110 valence electrons. The Bertz CT molecular complexity index is 761. The third-order valence-corrected chi connectivity index (χ3v) is 4.34. The molecule has 2 aromatic rings. The summed E-state index contributed by atoms with van der Waals surface area (Å²) in [4.78, 5) is 11.9. The van der Waals surface area contributed by atoms with Crippen LogP contribution in [0.1, 0.15) is 0 Å². The number of hydrogen-bond donors (Lipinski definition) is 2. The normalized spacial score (nSPS) is 11.1. The number of hydrogen-bond acceptors (Lipinski definition) is 4. The summed E-state index contributed by atoms with van der Waals surface area (Å²) in [6, 6.07) is 11.1. The number of benzene rings is 2. The van der Waals surface area contributed by atoms with Gasteiger partial charge in [-0.05, 0) is 30.3 Å². The van der Waals surface area contributed by atoms with Crippen molar-refractivity contribution in [3.63, 3.8) is 0 Å². The third-order valence-electron chi connectivity index (χ3n) is 2.71. The van der Waals surface area contributed by atoms with Crippen LogP contribution in [-0.4, -0.2) is 20.1 Å². The van der Waals surface area contributed by atoms with Crippen LogP contribution in [0.3, 0.4) is 0 Å². The molecule has 0 saturated heterocycles. The lowest BCUT2D eigenvalue weighted by atomic mass is 10.2. The molecule has 0 aliphatic rings. The smallest absolute Gasteiger partial charge is 0.240 e. The van der Waals surface area contributed by atoms with E-state index >= 15 is 0 Å². The van der Waals surface area contributed by atoms with Crippen LogP contribution in [0.5, 0.6) is 0 Å². The zero-order valence-electron chi connectivity index (χ0n) is 10.9. The van der Waals surface area contributed by atoms with Gasteiger partial charge in [0.05, 0.1) is 16.3 Å². The number of carbonyl (C=O) groups excluding carboxylic acids is 1. The van der Waals surface area contributed by atoms with Gasteiger partial charge in [0.2, 0.25) is 5.91 Å². The number of sulfone groups is 1. The van der Waals surface area contributed by atoms with Gasteiger partial charge in [0.1, 0.15) is 11.6 Å². The zero-order chi connectivity index (χ0) is 15.5. The Kier molecular flexibility index (Phi) is 4.23. The summed E-state index contributed by atoms with van der Waals surface area (Å²) in [6.07, 6.45) is 0. The molecular weight excluding hydrogens is 295 g/mol. The lowest BCUT2D eigenvalue weighted by molar-refractivity contribution is -0.113. The van der Waals surface area contributed by atoms with Crippen molar-refractivity contribution in [3.8, 4) is 0 Å². The van der Waals surface area contributed by atoms with E-state index in [1.54, 1.807) is 18.2 Å². The number of carbonyl (C=O) groups is 1. The first-order valence-corrected chi connectivity index (χ1v) is 7.66. The summed E-state index contributed by atoms with van der Waals surface area (Å²) in [6.45, 7) is 0. The first-order chi connectivity index (χ1) is 9.88. The molecule has 21 heavy (non-hydrogen) atoms. The highest BCUT2D eigenvalue weighted by atomic mass is 32.2. The summed E-state index contributed by atoms with van der Waals surface area (Å²) >= 11 is 0. The fourth-order valence-electron chi connectivity index (χ4n) is 1.72.